The van der Waals surface area contributed by atoms with Gasteiger partial charge in [0.2, 0.25) is 0 Å². The van der Waals surface area contributed by atoms with E-state index in [1.54, 1.807) is 0 Å². The first-order chi connectivity index (χ1) is 6.72. The Balaban J connectivity index is 2.31. The zero-order valence-corrected chi connectivity index (χ0v) is 8.35. The summed E-state index contributed by atoms with van der Waals surface area (Å²) >= 11 is 0. The van der Waals surface area contributed by atoms with Crippen molar-refractivity contribution in [1.29, 1.82) is 0 Å². The summed E-state index contributed by atoms with van der Waals surface area (Å²) in [4.78, 5) is 4.33. The molecule has 1 rings (SSSR count). The lowest BCUT2D eigenvalue weighted by molar-refractivity contribution is -0.142. The Morgan fingerprint density at radius 2 is 2.21 bits per heavy atom. The first-order valence-corrected chi connectivity index (χ1v) is 4.69. The summed E-state index contributed by atoms with van der Waals surface area (Å²) in [6.07, 6.45) is 1.60. The molecule has 2 N–H and O–H groups in total. The van der Waals surface area contributed by atoms with Gasteiger partial charge in [0.15, 0.2) is 0 Å². The van der Waals surface area contributed by atoms with Gasteiger partial charge in [-0.2, -0.15) is 5.06 Å². The normalized spacial score (nSPS) is 10.9. The lowest BCUT2D eigenvalue weighted by Crippen LogP contribution is -2.21. The molecular formula is C10H16N2O2. The third-order valence-corrected chi connectivity index (χ3v) is 1.96. The average molecular weight is 196 g/mol. The number of aromatic nitrogens is 1. The van der Waals surface area contributed by atoms with Crippen molar-refractivity contribution in [2.75, 3.05) is 13.3 Å². The van der Waals surface area contributed by atoms with Gasteiger partial charge in [0, 0.05) is 17.9 Å². The maximum absolute atomic E-state index is 8.95. The Kier molecular flexibility index (Phi) is 4.52. The van der Waals surface area contributed by atoms with Crippen molar-refractivity contribution in [2.24, 2.45) is 0 Å². The summed E-state index contributed by atoms with van der Waals surface area (Å²) in [7, 11) is 0. The number of rotatable bonds is 5. The Labute approximate surface area is 83.8 Å². The topological polar surface area (TPSA) is 56.6 Å². The minimum atomic E-state index is -0.318. The summed E-state index contributed by atoms with van der Waals surface area (Å²) in [5.41, 5.74) is 2.03. The van der Waals surface area contributed by atoms with E-state index in [-0.39, 0.29) is 6.73 Å². The van der Waals surface area contributed by atoms with Gasteiger partial charge < -0.3 is 10.3 Å². The van der Waals surface area contributed by atoms with Crippen LogP contribution in [0.25, 0.3) is 0 Å². The first kappa shape index (κ1) is 11.1. The summed E-state index contributed by atoms with van der Waals surface area (Å²) in [6.45, 7) is 2.10. The van der Waals surface area contributed by atoms with Gasteiger partial charge in [-0.3, -0.25) is 4.98 Å². The molecule has 1 heterocycles. The number of aliphatic hydroxyl groups is 1. The van der Waals surface area contributed by atoms with E-state index in [0.717, 1.165) is 29.3 Å². The van der Waals surface area contributed by atoms with Crippen LogP contribution in [0.15, 0.2) is 18.2 Å². The Morgan fingerprint density at radius 3 is 2.86 bits per heavy atom. The van der Waals surface area contributed by atoms with Crippen molar-refractivity contribution in [3.63, 3.8) is 0 Å². The predicted molar refractivity (Wildman–Crippen MR) is 52.9 cm³/mol. The van der Waals surface area contributed by atoms with Gasteiger partial charge in [0.05, 0.1) is 0 Å². The minimum Gasteiger partial charge on any atom is -0.379 e. The van der Waals surface area contributed by atoms with E-state index in [4.69, 9.17) is 10.3 Å². The lowest BCUT2D eigenvalue weighted by atomic mass is 10.2. The van der Waals surface area contributed by atoms with Crippen molar-refractivity contribution in [3.05, 3.63) is 29.6 Å². The SMILES string of the molecule is Cc1cccc(CCCN(O)CO)n1. The van der Waals surface area contributed by atoms with Crippen LogP contribution in [-0.4, -0.2) is 33.6 Å². The fourth-order valence-electron chi connectivity index (χ4n) is 1.25. The van der Waals surface area contributed by atoms with E-state index in [1.165, 1.54) is 0 Å². The molecule has 0 fully saturated rings. The van der Waals surface area contributed by atoms with Crippen LogP contribution in [-0.2, 0) is 6.42 Å². The molecule has 1 aromatic rings. The highest BCUT2D eigenvalue weighted by atomic mass is 16.5. The van der Waals surface area contributed by atoms with E-state index < -0.39 is 0 Å². The molecule has 14 heavy (non-hydrogen) atoms. The van der Waals surface area contributed by atoms with Crippen LogP contribution < -0.4 is 0 Å². The predicted octanol–water partition coefficient (Wildman–Crippen LogP) is 0.964. The quantitative estimate of drug-likeness (QED) is 0.544. The molecule has 78 valence electrons. The molecule has 0 saturated carbocycles. The maximum atomic E-state index is 8.95. The monoisotopic (exact) mass is 196 g/mol. The smallest absolute Gasteiger partial charge is 0.118 e. The number of pyridine rings is 1. The van der Waals surface area contributed by atoms with Gasteiger partial charge in [0.25, 0.3) is 0 Å². The average Bonchev–Trinajstić information content (AvgIpc) is 2.17. The second-order valence-corrected chi connectivity index (χ2v) is 3.25. The van der Waals surface area contributed by atoms with Gasteiger partial charge in [0.1, 0.15) is 6.73 Å². The third-order valence-electron chi connectivity index (χ3n) is 1.96. The van der Waals surface area contributed by atoms with Crippen molar-refractivity contribution < 1.29 is 10.3 Å². The van der Waals surface area contributed by atoms with E-state index in [9.17, 15) is 0 Å². The van der Waals surface area contributed by atoms with E-state index in [0.29, 0.717) is 6.54 Å². The summed E-state index contributed by atoms with van der Waals surface area (Å²) in [5, 5.41) is 18.4. The fourth-order valence-corrected chi connectivity index (χ4v) is 1.25. The maximum Gasteiger partial charge on any atom is 0.118 e. The molecular weight excluding hydrogens is 180 g/mol. The van der Waals surface area contributed by atoms with Crippen LogP contribution in [0.4, 0.5) is 0 Å². The fraction of sp³-hybridized carbons (Fsp3) is 0.500. The lowest BCUT2D eigenvalue weighted by Gasteiger charge is -2.10. The van der Waals surface area contributed by atoms with Crippen molar-refractivity contribution in [3.8, 4) is 0 Å². The Morgan fingerprint density at radius 1 is 1.43 bits per heavy atom. The summed E-state index contributed by atoms with van der Waals surface area (Å²) in [5.74, 6) is 0. The van der Waals surface area contributed by atoms with Crippen LogP contribution in [0.2, 0.25) is 0 Å². The number of hydrogen-bond donors (Lipinski definition) is 2. The van der Waals surface area contributed by atoms with Crippen LogP contribution in [0.1, 0.15) is 17.8 Å². The molecule has 0 radical (unpaired) electrons. The van der Waals surface area contributed by atoms with Crippen LogP contribution in [0.3, 0.4) is 0 Å². The van der Waals surface area contributed by atoms with E-state index >= 15 is 0 Å². The first-order valence-electron chi connectivity index (χ1n) is 4.69. The Hall–Kier alpha value is -0.970. The van der Waals surface area contributed by atoms with Crippen molar-refractivity contribution >= 4 is 0 Å². The number of hydrogen-bond acceptors (Lipinski definition) is 4. The van der Waals surface area contributed by atoms with Gasteiger partial charge >= 0.3 is 0 Å². The molecule has 0 saturated heterocycles. The summed E-state index contributed by atoms with van der Waals surface area (Å²) < 4.78 is 0. The molecule has 4 heteroatoms. The van der Waals surface area contributed by atoms with Gasteiger partial charge in [-0.15, -0.1) is 0 Å². The molecule has 0 unspecified atom stereocenters. The molecule has 0 aliphatic rings. The molecule has 0 bridgehead atoms. The molecule has 0 aliphatic carbocycles. The van der Waals surface area contributed by atoms with E-state index in [1.807, 2.05) is 25.1 Å². The zero-order valence-electron chi connectivity index (χ0n) is 8.35. The molecule has 0 atom stereocenters. The zero-order chi connectivity index (χ0) is 10.4. The minimum absolute atomic E-state index is 0.318. The molecule has 1 aromatic heterocycles. The number of nitrogens with zero attached hydrogens (tertiary/aromatic N) is 2. The highest BCUT2D eigenvalue weighted by molar-refractivity contribution is 5.09. The van der Waals surface area contributed by atoms with Crippen molar-refractivity contribution in [1.82, 2.24) is 10.0 Å². The highest BCUT2D eigenvalue weighted by Crippen LogP contribution is 2.01. The molecule has 0 spiro atoms. The highest BCUT2D eigenvalue weighted by Gasteiger charge is 1.99. The number of aliphatic hydroxyl groups excluding tert-OH is 1. The van der Waals surface area contributed by atoms with Crippen LogP contribution in [0.5, 0.6) is 0 Å². The second kappa shape index (κ2) is 5.70. The molecule has 0 aromatic carbocycles. The van der Waals surface area contributed by atoms with Gasteiger partial charge in [-0.25, -0.2) is 0 Å². The van der Waals surface area contributed by atoms with Crippen molar-refractivity contribution in [2.45, 2.75) is 19.8 Å². The third kappa shape index (κ3) is 3.83. The summed E-state index contributed by atoms with van der Waals surface area (Å²) in [6, 6.07) is 5.89. The molecule has 0 aliphatic heterocycles. The van der Waals surface area contributed by atoms with Gasteiger partial charge in [-0.05, 0) is 31.9 Å². The molecule has 4 nitrogen and oxygen atoms in total. The largest absolute Gasteiger partial charge is 0.379 e. The van der Waals surface area contributed by atoms with Crippen LogP contribution in [0, 0.1) is 6.92 Å². The van der Waals surface area contributed by atoms with E-state index in [2.05, 4.69) is 4.98 Å². The standard InChI is InChI=1S/C10H16N2O2/c1-9-4-2-5-10(11-9)6-3-7-12(14)8-13/h2,4-5,13-14H,3,6-8H2,1H3. The Bertz CT molecular complexity index is 279. The molecule has 0 amide bonds. The number of hydroxylamine groups is 2. The number of aryl methyl sites for hydroxylation is 2. The van der Waals surface area contributed by atoms with Gasteiger partial charge in [-0.1, -0.05) is 6.07 Å². The second-order valence-electron chi connectivity index (χ2n) is 3.25. The van der Waals surface area contributed by atoms with Crippen LogP contribution >= 0.6 is 0 Å².